The number of nitrogens with zero attached hydrogens (tertiary/aromatic N) is 6. The van der Waals surface area contributed by atoms with Crippen LogP contribution in [-0.4, -0.2) is 19.6 Å². The third kappa shape index (κ3) is 6.47. The van der Waals surface area contributed by atoms with Gasteiger partial charge in [0.2, 0.25) is 0 Å². The topological polar surface area (TPSA) is 42.1 Å². The van der Waals surface area contributed by atoms with Crippen LogP contribution in [0.2, 0.25) is 0 Å². The van der Waals surface area contributed by atoms with E-state index >= 15 is 0 Å². The third-order valence-corrected chi connectivity index (χ3v) is 11.5. The lowest BCUT2D eigenvalue weighted by atomic mass is 9.99. The minimum absolute atomic E-state index is 0.880. The fourth-order valence-electron chi connectivity index (χ4n) is 8.71. The molecule has 9 aromatic carbocycles. The number of anilines is 6. The highest BCUT2D eigenvalue weighted by atomic mass is 15.4. The molecule has 0 bridgehead atoms. The number of rotatable bonds is 9. The lowest BCUT2D eigenvalue weighted by Gasteiger charge is -2.26. The minimum atomic E-state index is 0.880. The van der Waals surface area contributed by atoms with Gasteiger partial charge in [-0.2, -0.15) is 0 Å². The van der Waals surface area contributed by atoms with Crippen LogP contribution >= 0.6 is 0 Å². The van der Waals surface area contributed by atoms with Gasteiger partial charge in [-0.3, -0.25) is 0 Å². The molecule has 290 valence electrons. The van der Waals surface area contributed by atoms with E-state index in [1.807, 2.05) is 28.9 Å². The van der Waals surface area contributed by atoms with Crippen LogP contribution in [0.4, 0.5) is 34.1 Å². The van der Waals surface area contributed by atoms with Gasteiger partial charge in [0.25, 0.3) is 0 Å². The molecule has 11 aromatic rings. The van der Waals surface area contributed by atoms with Crippen molar-refractivity contribution in [3.63, 3.8) is 0 Å². The fourth-order valence-corrected chi connectivity index (χ4v) is 8.71. The maximum absolute atomic E-state index is 4.43. The fraction of sp³-hybridized carbons (Fsp3) is 0.0182. The molecule has 6 heteroatoms. The second-order valence-electron chi connectivity index (χ2n) is 15.3. The normalized spacial score (nSPS) is 11.4. The van der Waals surface area contributed by atoms with Gasteiger partial charge < -0.3 is 14.4 Å². The Morgan fingerprint density at radius 2 is 0.836 bits per heavy atom. The number of para-hydroxylation sites is 5. The summed E-state index contributed by atoms with van der Waals surface area (Å²) in [4.78, 5) is 4.67. The van der Waals surface area contributed by atoms with Crippen molar-refractivity contribution in [3.05, 3.63) is 230 Å². The van der Waals surface area contributed by atoms with Gasteiger partial charge in [0.1, 0.15) is 5.52 Å². The molecule has 0 spiro atoms. The highest BCUT2D eigenvalue weighted by Crippen LogP contribution is 2.43. The SMILES string of the molecule is Cc1cc(-n2c3ccc(N(c4ccccc4)c4ccccc4)cc3c3cc(N(c4ccccc4)c4ccccc4)ccc32)ccc1-c1ccc(-n2nnc3ccccc32)cc1. The number of hydrogen-bond donors (Lipinski definition) is 0. The van der Waals surface area contributed by atoms with E-state index in [-0.39, 0.29) is 0 Å². The molecule has 0 unspecified atom stereocenters. The summed E-state index contributed by atoms with van der Waals surface area (Å²) < 4.78 is 4.31. The van der Waals surface area contributed by atoms with Crippen LogP contribution in [0.5, 0.6) is 0 Å². The van der Waals surface area contributed by atoms with Crippen molar-refractivity contribution in [2.75, 3.05) is 9.80 Å². The minimum Gasteiger partial charge on any atom is -0.310 e. The summed E-state index contributed by atoms with van der Waals surface area (Å²) in [7, 11) is 0. The molecule has 0 aliphatic carbocycles. The summed E-state index contributed by atoms with van der Waals surface area (Å²) >= 11 is 0. The van der Waals surface area contributed by atoms with Gasteiger partial charge in [0.05, 0.1) is 22.2 Å². The Kier molecular flexibility index (Phi) is 8.94. The molecule has 0 amide bonds. The molecular weight excluding hydrogens is 745 g/mol. The first kappa shape index (κ1) is 35.9. The molecule has 0 aliphatic rings. The Morgan fingerprint density at radius 3 is 1.33 bits per heavy atom. The van der Waals surface area contributed by atoms with Crippen molar-refractivity contribution >= 4 is 67.0 Å². The van der Waals surface area contributed by atoms with Crippen LogP contribution in [0.15, 0.2) is 224 Å². The first-order valence-corrected chi connectivity index (χ1v) is 20.6. The second-order valence-corrected chi connectivity index (χ2v) is 15.3. The maximum Gasteiger partial charge on any atom is 0.113 e. The zero-order chi connectivity index (χ0) is 40.7. The second kappa shape index (κ2) is 15.2. The molecular formula is C55H40N6. The van der Waals surface area contributed by atoms with Crippen LogP contribution in [0.1, 0.15) is 5.56 Å². The molecule has 2 aromatic heterocycles. The van der Waals surface area contributed by atoms with E-state index < -0.39 is 0 Å². The Labute approximate surface area is 354 Å². The number of fused-ring (bicyclic) bond motifs is 4. The average Bonchev–Trinajstić information content (AvgIpc) is 3.90. The quantitative estimate of drug-likeness (QED) is 0.146. The van der Waals surface area contributed by atoms with E-state index in [1.165, 1.54) is 21.9 Å². The van der Waals surface area contributed by atoms with E-state index in [4.69, 9.17) is 0 Å². The molecule has 0 radical (unpaired) electrons. The standard InChI is InChI=1S/C55H40N6/c1-39-36-46(30-33-49(39)40-26-28-45(29-27-40)61-55-25-15-14-24-52(55)56-57-61)60-53-34-31-47(58(41-16-6-2-7-17-41)42-18-8-3-9-19-42)37-50(53)51-38-48(32-35-54(51)60)59(43-20-10-4-11-21-43)44-22-12-5-13-23-44/h2-38H,1H3. The Bertz CT molecular complexity index is 3080. The van der Waals surface area contributed by atoms with Crippen LogP contribution < -0.4 is 9.80 Å². The monoisotopic (exact) mass is 784 g/mol. The third-order valence-electron chi connectivity index (χ3n) is 11.5. The van der Waals surface area contributed by atoms with Crippen LogP contribution in [-0.2, 0) is 0 Å². The molecule has 0 saturated carbocycles. The van der Waals surface area contributed by atoms with Crippen molar-refractivity contribution in [3.8, 4) is 22.5 Å². The highest BCUT2D eigenvalue weighted by molar-refractivity contribution is 6.12. The molecule has 0 atom stereocenters. The summed E-state index contributed by atoms with van der Waals surface area (Å²) in [6.45, 7) is 2.21. The van der Waals surface area contributed by atoms with Gasteiger partial charge in [-0.25, -0.2) is 4.68 Å². The largest absolute Gasteiger partial charge is 0.310 e. The molecule has 0 saturated heterocycles. The molecule has 0 aliphatic heterocycles. The van der Waals surface area contributed by atoms with Crippen molar-refractivity contribution in [2.45, 2.75) is 6.92 Å². The van der Waals surface area contributed by atoms with Crippen LogP contribution in [0.3, 0.4) is 0 Å². The molecule has 0 N–H and O–H groups in total. The maximum atomic E-state index is 4.43. The predicted octanol–water partition coefficient (Wildman–Crippen LogP) is 14.4. The molecule has 2 heterocycles. The molecule has 0 fully saturated rings. The highest BCUT2D eigenvalue weighted by Gasteiger charge is 2.20. The predicted molar refractivity (Wildman–Crippen MR) is 253 cm³/mol. The smallest absolute Gasteiger partial charge is 0.113 e. The lowest BCUT2D eigenvalue weighted by molar-refractivity contribution is 0.824. The average molecular weight is 785 g/mol. The zero-order valence-corrected chi connectivity index (χ0v) is 33.5. The Balaban J connectivity index is 1.07. The summed E-state index contributed by atoms with van der Waals surface area (Å²) in [5.74, 6) is 0. The van der Waals surface area contributed by atoms with Gasteiger partial charge in [-0.15, -0.1) is 5.10 Å². The Hall–Kier alpha value is -8.22. The number of hydrogen-bond acceptors (Lipinski definition) is 4. The van der Waals surface area contributed by atoms with Gasteiger partial charge in [-0.05, 0) is 145 Å². The first-order chi connectivity index (χ1) is 30.2. The number of benzene rings is 9. The van der Waals surface area contributed by atoms with E-state index in [1.54, 1.807) is 0 Å². The van der Waals surface area contributed by atoms with Crippen LogP contribution in [0, 0.1) is 6.92 Å². The number of aromatic nitrogens is 4. The van der Waals surface area contributed by atoms with Gasteiger partial charge >= 0.3 is 0 Å². The van der Waals surface area contributed by atoms with Crippen LogP contribution in [0.25, 0.3) is 55.3 Å². The van der Waals surface area contributed by atoms with Gasteiger partial charge in [-0.1, -0.05) is 108 Å². The summed E-state index contributed by atoms with van der Waals surface area (Å²) in [5.41, 5.74) is 16.4. The lowest BCUT2D eigenvalue weighted by Crippen LogP contribution is -2.09. The van der Waals surface area contributed by atoms with E-state index in [0.29, 0.717) is 0 Å². The number of aryl methyl sites for hydroxylation is 1. The molecule has 11 rings (SSSR count). The van der Waals surface area contributed by atoms with Gasteiger partial charge in [0, 0.05) is 50.6 Å². The van der Waals surface area contributed by atoms with Gasteiger partial charge in [0.15, 0.2) is 0 Å². The van der Waals surface area contributed by atoms with Crippen molar-refractivity contribution in [1.82, 2.24) is 19.6 Å². The van der Waals surface area contributed by atoms with Crippen molar-refractivity contribution < 1.29 is 0 Å². The molecule has 61 heavy (non-hydrogen) atoms. The first-order valence-electron chi connectivity index (χ1n) is 20.6. The van der Waals surface area contributed by atoms with E-state index in [9.17, 15) is 0 Å². The van der Waals surface area contributed by atoms with Crippen molar-refractivity contribution in [2.24, 2.45) is 0 Å². The van der Waals surface area contributed by atoms with E-state index in [2.05, 4.69) is 232 Å². The summed E-state index contributed by atoms with van der Waals surface area (Å²) in [6.07, 6.45) is 0. The molecule has 6 nitrogen and oxygen atoms in total. The summed E-state index contributed by atoms with van der Waals surface area (Å²) in [5, 5.41) is 11.1. The Morgan fingerprint density at radius 1 is 0.377 bits per heavy atom. The summed E-state index contributed by atoms with van der Waals surface area (Å²) in [6, 6.07) is 79.7. The zero-order valence-electron chi connectivity index (χ0n) is 33.5. The van der Waals surface area contributed by atoms with Crippen molar-refractivity contribution in [1.29, 1.82) is 0 Å². The van der Waals surface area contributed by atoms with E-state index in [0.717, 1.165) is 73.1 Å².